The number of rotatable bonds is 6. The van der Waals surface area contributed by atoms with Crippen LogP contribution in [0.4, 0.5) is 0 Å². The number of ether oxygens (including phenoxy) is 1. The second-order valence-corrected chi connectivity index (χ2v) is 5.55. The highest BCUT2D eigenvalue weighted by atomic mass is 16.5. The van der Waals surface area contributed by atoms with Crippen molar-refractivity contribution in [1.29, 1.82) is 0 Å². The average molecular weight is 270 g/mol. The van der Waals surface area contributed by atoms with Crippen LogP contribution in [-0.4, -0.2) is 42.0 Å². The zero-order valence-corrected chi connectivity index (χ0v) is 12.2. The molecule has 0 aromatic rings. The smallest absolute Gasteiger partial charge is 0.332 e. The van der Waals surface area contributed by atoms with Crippen LogP contribution < -0.4 is 5.73 Å². The highest BCUT2D eigenvalue weighted by Gasteiger charge is 2.33. The molecule has 0 aliphatic heterocycles. The lowest BCUT2D eigenvalue weighted by molar-refractivity contribution is -0.152. The van der Waals surface area contributed by atoms with Crippen LogP contribution in [0, 0.1) is 5.92 Å². The van der Waals surface area contributed by atoms with Crippen molar-refractivity contribution in [2.45, 2.75) is 58.5 Å². The highest BCUT2D eigenvalue weighted by Crippen LogP contribution is 2.24. The van der Waals surface area contributed by atoms with Crippen molar-refractivity contribution in [2.24, 2.45) is 11.7 Å². The van der Waals surface area contributed by atoms with Gasteiger partial charge in [0.05, 0.1) is 6.61 Å². The van der Waals surface area contributed by atoms with Crippen molar-refractivity contribution in [3.63, 3.8) is 0 Å². The molecule has 1 aliphatic carbocycles. The number of amides is 1. The summed E-state index contributed by atoms with van der Waals surface area (Å²) in [5.41, 5.74) is 5.73. The Bertz CT molecular complexity index is 312. The molecule has 1 atom stereocenters. The first kappa shape index (κ1) is 16.0. The minimum atomic E-state index is -1.18. The summed E-state index contributed by atoms with van der Waals surface area (Å²) in [6, 6.07) is -0.949. The lowest BCUT2D eigenvalue weighted by Crippen LogP contribution is -2.52. The predicted octanol–water partition coefficient (Wildman–Crippen LogP) is 1.30. The second-order valence-electron chi connectivity index (χ2n) is 5.55. The van der Waals surface area contributed by atoms with Crippen LogP contribution in [0.5, 0.6) is 0 Å². The fourth-order valence-corrected chi connectivity index (χ4v) is 2.54. The maximum atomic E-state index is 12.4. The summed E-state index contributed by atoms with van der Waals surface area (Å²) in [5.74, 6) is -0.558. The van der Waals surface area contributed by atoms with Crippen molar-refractivity contribution in [2.75, 3.05) is 13.2 Å². The van der Waals surface area contributed by atoms with Crippen LogP contribution in [0.1, 0.15) is 46.5 Å². The molecule has 0 radical (unpaired) electrons. The van der Waals surface area contributed by atoms with Gasteiger partial charge in [-0.2, -0.15) is 0 Å². The molecule has 5 heteroatoms. The van der Waals surface area contributed by atoms with E-state index in [4.69, 9.17) is 10.5 Å². The molecule has 5 nitrogen and oxygen atoms in total. The third-order valence-electron chi connectivity index (χ3n) is 3.42. The minimum absolute atomic E-state index is 0.232. The summed E-state index contributed by atoms with van der Waals surface area (Å²) in [5, 5.41) is 0. The third kappa shape index (κ3) is 4.49. The molecule has 0 aromatic heterocycles. The van der Waals surface area contributed by atoms with Gasteiger partial charge in [-0.3, -0.25) is 4.79 Å². The maximum Gasteiger partial charge on any atom is 0.332 e. The number of carbonyl (C=O) groups excluding carboxylic acids is 2. The fourth-order valence-electron chi connectivity index (χ4n) is 2.54. The van der Waals surface area contributed by atoms with E-state index in [2.05, 4.69) is 13.8 Å². The first-order valence-corrected chi connectivity index (χ1v) is 7.20. The quantitative estimate of drug-likeness (QED) is 0.583. The maximum absolute atomic E-state index is 12.4. The Kier molecular flexibility index (Phi) is 6.28. The van der Waals surface area contributed by atoms with E-state index in [-0.39, 0.29) is 18.6 Å². The number of hydrogen-bond acceptors (Lipinski definition) is 4. The molecule has 2 N–H and O–H groups in total. The molecule has 0 saturated heterocycles. The van der Waals surface area contributed by atoms with Crippen molar-refractivity contribution >= 4 is 11.9 Å². The molecule has 19 heavy (non-hydrogen) atoms. The van der Waals surface area contributed by atoms with Crippen LogP contribution in [0.2, 0.25) is 0 Å². The summed E-state index contributed by atoms with van der Waals surface area (Å²) in [4.78, 5) is 25.8. The van der Waals surface area contributed by atoms with Crippen molar-refractivity contribution in [3.8, 4) is 0 Å². The molecule has 1 saturated carbocycles. The molecule has 0 bridgehead atoms. The van der Waals surface area contributed by atoms with E-state index in [1.54, 1.807) is 11.8 Å². The van der Waals surface area contributed by atoms with Crippen molar-refractivity contribution in [3.05, 3.63) is 0 Å². The number of carbonyl (C=O) groups is 2. The van der Waals surface area contributed by atoms with Gasteiger partial charge in [0.15, 0.2) is 6.04 Å². The first-order chi connectivity index (χ1) is 8.97. The normalized spacial score (nSPS) is 17.5. The fraction of sp³-hybridized carbons (Fsp3) is 0.857. The average Bonchev–Trinajstić information content (AvgIpc) is 2.87. The summed E-state index contributed by atoms with van der Waals surface area (Å²) < 4.78 is 4.83. The minimum Gasteiger partial charge on any atom is -0.464 e. The number of esters is 1. The van der Waals surface area contributed by atoms with Gasteiger partial charge in [-0.15, -0.1) is 0 Å². The van der Waals surface area contributed by atoms with Gasteiger partial charge in [0.25, 0.3) is 5.91 Å². The van der Waals surface area contributed by atoms with E-state index in [0.717, 1.165) is 25.7 Å². The molecule has 0 aromatic carbocycles. The van der Waals surface area contributed by atoms with E-state index in [1.807, 2.05) is 0 Å². The first-order valence-electron chi connectivity index (χ1n) is 7.20. The Morgan fingerprint density at radius 3 is 2.37 bits per heavy atom. The summed E-state index contributed by atoms with van der Waals surface area (Å²) in [6.45, 7) is 6.72. The Balaban J connectivity index is 2.72. The van der Waals surface area contributed by atoms with E-state index >= 15 is 0 Å². The molecule has 1 amide bonds. The van der Waals surface area contributed by atoms with Crippen LogP contribution in [-0.2, 0) is 14.3 Å². The zero-order chi connectivity index (χ0) is 14.4. The van der Waals surface area contributed by atoms with Gasteiger partial charge < -0.3 is 15.4 Å². The summed E-state index contributed by atoms with van der Waals surface area (Å²) in [7, 11) is 0. The molecule has 1 unspecified atom stereocenters. The van der Waals surface area contributed by atoms with Gasteiger partial charge in [0.1, 0.15) is 0 Å². The van der Waals surface area contributed by atoms with Gasteiger partial charge in [-0.05, 0) is 25.7 Å². The monoisotopic (exact) mass is 270 g/mol. The predicted molar refractivity (Wildman–Crippen MR) is 73.4 cm³/mol. The number of hydrogen-bond donors (Lipinski definition) is 1. The number of nitrogens with two attached hydrogens (primary N) is 1. The Labute approximate surface area is 115 Å². The molecular formula is C14H26N2O3. The van der Waals surface area contributed by atoms with Gasteiger partial charge in [0, 0.05) is 12.6 Å². The van der Waals surface area contributed by atoms with Gasteiger partial charge >= 0.3 is 5.97 Å². The van der Waals surface area contributed by atoms with Crippen LogP contribution in [0.25, 0.3) is 0 Å². The second kappa shape index (κ2) is 7.48. The van der Waals surface area contributed by atoms with Gasteiger partial charge in [0.2, 0.25) is 0 Å². The highest BCUT2D eigenvalue weighted by molar-refractivity contribution is 6.01. The Hall–Kier alpha value is -1.10. The molecule has 0 heterocycles. The molecule has 1 fully saturated rings. The molecular weight excluding hydrogens is 244 g/mol. The third-order valence-corrected chi connectivity index (χ3v) is 3.42. The topological polar surface area (TPSA) is 72.6 Å². The number of nitrogens with zero attached hydrogens (tertiary/aromatic N) is 1. The zero-order valence-electron chi connectivity index (χ0n) is 12.2. The molecule has 1 aliphatic rings. The van der Waals surface area contributed by atoms with Crippen molar-refractivity contribution in [1.82, 2.24) is 4.90 Å². The van der Waals surface area contributed by atoms with Crippen molar-refractivity contribution < 1.29 is 14.3 Å². The van der Waals surface area contributed by atoms with E-state index in [9.17, 15) is 9.59 Å². The molecule has 110 valence electrons. The van der Waals surface area contributed by atoms with E-state index in [0.29, 0.717) is 12.5 Å². The largest absolute Gasteiger partial charge is 0.464 e. The van der Waals surface area contributed by atoms with Crippen LogP contribution in [0.3, 0.4) is 0 Å². The van der Waals surface area contributed by atoms with Crippen LogP contribution in [0.15, 0.2) is 0 Å². The SMILES string of the molecule is CCOC(=O)C(N)C(=O)N(CC(C)C)C1CCCC1. The Morgan fingerprint density at radius 2 is 1.89 bits per heavy atom. The lowest BCUT2D eigenvalue weighted by atomic mass is 10.1. The molecule has 0 spiro atoms. The van der Waals surface area contributed by atoms with Crippen LogP contribution >= 0.6 is 0 Å². The lowest BCUT2D eigenvalue weighted by Gasteiger charge is -2.32. The standard InChI is InChI=1S/C14H26N2O3/c1-4-19-14(18)12(15)13(17)16(9-10(2)3)11-7-5-6-8-11/h10-12H,4-9,15H2,1-3H3. The summed E-state index contributed by atoms with van der Waals surface area (Å²) in [6.07, 6.45) is 4.30. The van der Waals surface area contributed by atoms with E-state index < -0.39 is 12.0 Å². The van der Waals surface area contributed by atoms with Gasteiger partial charge in [-0.25, -0.2) is 4.79 Å². The Morgan fingerprint density at radius 1 is 1.32 bits per heavy atom. The molecule has 1 rings (SSSR count). The van der Waals surface area contributed by atoms with Gasteiger partial charge in [-0.1, -0.05) is 26.7 Å². The summed E-state index contributed by atoms with van der Waals surface area (Å²) >= 11 is 0. The van der Waals surface area contributed by atoms with E-state index in [1.165, 1.54) is 0 Å².